The van der Waals surface area contributed by atoms with Crippen LogP contribution in [-0.4, -0.2) is 60.9 Å². The van der Waals surface area contributed by atoms with Crippen molar-refractivity contribution in [1.29, 1.82) is 0 Å². The van der Waals surface area contributed by atoms with Crippen LogP contribution < -0.4 is 0 Å². The quantitative estimate of drug-likeness (QED) is 0.763. The molecule has 2 aromatic carbocycles. The second-order valence-corrected chi connectivity index (χ2v) is 6.49. The van der Waals surface area contributed by atoms with E-state index in [1.807, 2.05) is 0 Å². The Labute approximate surface area is 162 Å². The van der Waals surface area contributed by atoms with Crippen molar-refractivity contribution in [2.24, 2.45) is 0 Å². The number of hydrogen-bond acceptors (Lipinski definition) is 4. The number of esters is 1. The summed E-state index contributed by atoms with van der Waals surface area (Å²) in [4.78, 5) is 40.1. The van der Waals surface area contributed by atoms with Crippen molar-refractivity contribution in [3.05, 3.63) is 71.0 Å². The molecule has 3 rings (SSSR count). The Morgan fingerprint density at radius 2 is 1.39 bits per heavy atom. The first kappa shape index (κ1) is 19.5. The van der Waals surface area contributed by atoms with Gasteiger partial charge in [0.15, 0.2) is 0 Å². The molecule has 1 aliphatic rings. The van der Waals surface area contributed by atoms with Gasteiger partial charge >= 0.3 is 5.97 Å². The largest absolute Gasteiger partial charge is 0.465 e. The van der Waals surface area contributed by atoms with Gasteiger partial charge in [-0.05, 0) is 42.8 Å². The first-order chi connectivity index (χ1) is 13.5. The number of carbonyl (C=O) groups is 3. The summed E-state index contributed by atoms with van der Waals surface area (Å²) in [6.45, 7) is 1.65. The molecule has 28 heavy (non-hydrogen) atoms. The van der Waals surface area contributed by atoms with Crippen molar-refractivity contribution in [2.75, 3.05) is 33.3 Å². The summed E-state index contributed by atoms with van der Waals surface area (Å²) in [5.74, 6) is -1.54. The number of benzene rings is 2. The van der Waals surface area contributed by atoms with Gasteiger partial charge in [0.1, 0.15) is 5.82 Å². The number of amides is 2. The minimum atomic E-state index is -0.546. The lowest BCUT2D eigenvalue weighted by Gasteiger charge is -2.22. The normalized spacial score (nSPS) is 14.4. The Kier molecular flexibility index (Phi) is 6.03. The summed E-state index contributed by atoms with van der Waals surface area (Å²) in [5, 5.41) is 0. The zero-order valence-electron chi connectivity index (χ0n) is 15.6. The highest BCUT2D eigenvalue weighted by atomic mass is 19.1. The van der Waals surface area contributed by atoms with Crippen LogP contribution in [0.3, 0.4) is 0 Å². The summed E-state index contributed by atoms with van der Waals surface area (Å²) in [5.41, 5.74) is 0.874. The van der Waals surface area contributed by atoms with E-state index >= 15 is 0 Å². The molecule has 0 saturated carbocycles. The Morgan fingerprint density at radius 3 is 2.00 bits per heavy atom. The average Bonchev–Trinajstić information content (AvgIpc) is 2.99. The Bertz CT molecular complexity index is 882. The first-order valence-electron chi connectivity index (χ1n) is 9.02. The SMILES string of the molecule is COC(=O)c1ccc(C(=O)N2CCCN(C(=O)c3ccccc3F)CC2)cc1. The lowest BCUT2D eigenvalue weighted by Crippen LogP contribution is -2.37. The van der Waals surface area contributed by atoms with E-state index in [1.165, 1.54) is 19.2 Å². The summed E-state index contributed by atoms with van der Waals surface area (Å²) in [7, 11) is 1.30. The molecule has 0 unspecified atom stereocenters. The van der Waals surface area contributed by atoms with Crippen LogP contribution in [0.4, 0.5) is 4.39 Å². The van der Waals surface area contributed by atoms with Gasteiger partial charge in [-0.15, -0.1) is 0 Å². The van der Waals surface area contributed by atoms with E-state index in [-0.39, 0.29) is 17.4 Å². The predicted molar refractivity (Wildman–Crippen MR) is 101 cm³/mol. The molecule has 2 aromatic rings. The number of nitrogens with zero attached hydrogens (tertiary/aromatic N) is 2. The second-order valence-electron chi connectivity index (χ2n) is 6.49. The Morgan fingerprint density at radius 1 is 0.821 bits per heavy atom. The first-order valence-corrected chi connectivity index (χ1v) is 9.02. The number of rotatable bonds is 3. The number of halogens is 1. The van der Waals surface area contributed by atoms with Crippen LogP contribution in [0.25, 0.3) is 0 Å². The summed E-state index contributed by atoms with van der Waals surface area (Å²) >= 11 is 0. The topological polar surface area (TPSA) is 66.9 Å². The Balaban J connectivity index is 1.66. The minimum absolute atomic E-state index is 0.0423. The van der Waals surface area contributed by atoms with Gasteiger partial charge in [0.2, 0.25) is 0 Å². The molecule has 0 spiro atoms. The molecule has 0 aromatic heterocycles. The fourth-order valence-corrected chi connectivity index (χ4v) is 3.18. The van der Waals surface area contributed by atoms with Gasteiger partial charge in [-0.2, -0.15) is 0 Å². The van der Waals surface area contributed by atoms with E-state index in [9.17, 15) is 18.8 Å². The number of carbonyl (C=O) groups excluding carboxylic acids is 3. The third-order valence-corrected chi connectivity index (χ3v) is 4.73. The van der Waals surface area contributed by atoms with Crippen LogP contribution in [0.15, 0.2) is 48.5 Å². The molecule has 1 heterocycles. The van der Waals surface area contributed by atoms with Gasteiger partial charge in [-0.1, -0.05) is 12.1 Å². The van der Waals surface area contributed by atoms with Crippen molar-refractivity contribution in [2.45, 2.75) is 6.42 Å². The zero-order valence-corrected chi connectivity index (χ0v) is 15.6. The molecule has 1 fully saturated rings. The van der Waals surface area contributed by atoms with Crippen molar-refractivity contribution < 1.29 is 23.5 Å². The molecule has 0 aliphatic carbocycles. The van der Waals surface area contributed by atoms with Crippen LogP contribution in [0.1, 0.15) is 37.5 Å². The second kappa shape index (κ2) is 8.65. The van der Waals surface area contributed by atoms with E-state index in [0.29, 0.717) is 43.7 Å². The summed E-state index contributed by atoms with van der Waals surface area (Å²) in [6, 6.07) is 12.2. The number of methoxy groups -OCH3 is 1. The number of hydrogen-bond donors (Lipinski definition) is 0. The van der Waals surface area contributed by atoms with Crippen LogP contribution in [0.2, 0.25) is 0 Å². The molecule has 2 amide bonds. The highest BCUT2D eigenvalue weighted by molar-refractivity contribution is 5.97. The minimum Gasteiger partial charge on any atom is -0.465 e. The molecule has 0 N–H and O–H groups in total. The average molecular weight is 384 g/mol. The molecule has 6 nitrogen and oxygen atoms in total. The summed E-state index contributed by atoms with van der Waals surface area (Å²) < 4.78 is 18.5. The predicted octanol–water partition coefficient (Wildman–Crippen LogP) is 2.60. The van der Waals surface area contributed by atoms with Gasteiger partial charge in [0.05, 0.1) is 18.2 Å². The van der Waals surface area contributed by atoms with Gasteiger partial charge in [-0.3, -0.25) is 9.59 Å². The fraction of sp³-hybridized carbons (Fsp3) is 0.286. The molecule has 7 heteroatoms. The standard InChI is InChI=1S/C21H21FN2O4/c1-28-21(27)16-9-7-15(8-10-16)19(25)23-11-4-12-24(14-13-23)20(26)17-5-2-3-6-18(17)22/h2-3,5-10H,4,11-14H2,1H3. The lowest BCUT2D eigenvalue weighted by atomic mass is 10.1. The van der Waals surface area contributed by atoms with Crippen molar-refractivity contribution in [3.63, 3.8) is 0 Å². The molecule has 1 saturated heterocycles. The highest BCUT2D eigenvalue weighted by Crippen LogP contribution is 2.15. The third-order valence-electron chi connectivity index (χ3n) is 4.73. The molecule has 146 valence electrons. The smallest absolute Gasteiger partial charge is 0.337 e. The van der Waals surface area contributed by atoms with Gasteiger partial charge in [-0.25, -0.2) is 9.18 Å². The van der Waals surface area contributed by atoms with Crippen LogP contribution in [0.5, 0.6) is 0 Å². The summed E-state index contributed by atoms with van der Waals surface area (Å²) in [6.07, 6.45) is 0.603. The molecule has 0 atom stereocenters. The molecule has 0 radical (unpaired) electrons. The van der Waals surface area contributed by atoms with Crippen LogP contribution in [0, 0.1) is 5.82 Å². The van der Waals surface area contributed by atoms with E-state index in [2.05, 4.69) is 4.74 Å². The van der Waals surface area contributed by atoms with Crippen LogP contribution in [-0.2, 0) is 4.74 Å². The maximum absolute atomic E-state index is 13.9. The highest BCUT2D eigenvalue weighted by Gasteiger charge is 2.25. The zero-order chi connectivity index (χ0) is 20.1. The van der Waals surface area contributed by atoms with Crippen molar-refractivity contribution in [3.8, 4) is 0 Å². The van der Waals surface area contributed by atoms with Gasteiger partial charge in [0, 0.05) is 31.7 Å². The molecule has 1 aliphatic heterocycles. The third kappa shape index (κ3) is 4.19. The van der Waals surface area contributed by atoms with E-state index in [0.717, 1.165) is 0 Å². The van der Waals surface area contributed by atoms with Crippen LogP contribution >= 0.6 is 0 Å². The maximum Gasteiger partial charge on any atom is 0.337 e. The molecular weight excluding hydrogens is 363 g/mol. The lowest BCUT2D eigenvalue weighted by molar-refractivity contribution is 0.0599. The fourth-order valence-electron chi connectivity index (χ4n) is 3.18. The molecule has 0 bridgehead atoms. The van der Waals surface area contributed by atoms with E-state index in [1.54, 1.807) is 46.2 Å². The Hall–Kier alpha value is -3.22. The number of ether oxygens (including phenoxy) is 1. The monoisotopic (exact) mass is 384 g/mol. The van der Waals surface area contributed by atoms with E-state index in [4.69, 9.17) is 0 Å². The van der Waals surface area contributed by atoms with Crippen molar-refractivity contribution in [1.82, 2.24) is 9.80 Å². The van der Waals surface area contributed by atoms with Gasteiger partial charge in [0.25, 0.3) is 11.8 Å². The maximum atomic E-state index is 13.9. The van der Waals surface area contributed by atoms with Gasteiger partial charge < -0.3 is 14.5 Å². The van der Waals surface area contributed by atoms with E-state index < -0.39 is 11.8 Å². The van der Waals surface area contributed by atoms with Crippen molar-refractivity contribution >= 4 is 17.8 Å². The molecular formula is C21H21FN2O4.